The van der Waals surface area contributed by atoms with Crippen LogP contribution in [-0.4, -0.2) is 35.1 Å². The van der Waals surface area contributed by atoms with Crippen molar-refractivity contribution in [3.05, 3.63) is 81.0 Å². The largest absolute Gasteiger partial charge is 0.265 e. The molecular weight excluding hydrogens is 612 g/mol. The molecule has 49 heavy (non-hydrogen) atoms. The Balaban J connectivity index is 0.000000176. The summed E-state index contributed by atoms with van der Waals surface area (Å²) in [5.41, 5.74) is 24.7. The summed E-state index contributed by atoms with van der Waals surface area (Å²) in [6.07, 6.45) is 18.6. The van der Waals surface area contributed by atoms with Crippen LogP contribution < -0.4 is 5.43 Å². The third-order valence-electron chi connectivity index (χ3n) is 10.4. The van der Waals surface area contributed by atoms with Crippen molar-refractivity contribution in [2.24, 2.45) is 69.0 Å². The van der Waals surface area contributed by atoms with Crippen molar-refractivity contribution in [2.75, 3.05) is 20.1 Å². The lowest BCUT2D eigenvalue weighted by molar-refractivity contribution is 0.566. The molecule has 6 aliphatic rings. The molecular formula is C37H56N12. The highest BCUT2D eigenvalue weighted by atomic mass is 15.4. The molecule has 1 heterocycles. The van der Waals surface area contributed by atoms with Crippen molar-refractivity contribution in [2.45, 2.75) is 90.9 Å². The van der Waals surface area contributed by atoms with Crippen LogP contribution in [0.1, 0.15) is 89.4 Å². The Morgan fingerprint density at radius 3 is 1.96 bits per heavy atom. The van der Waals surface area contributed by atoms with Gasteiger partial charge in [-0.05, 0) is 117 Å². The topological polar surface area (TPSA) is 165 Å². The van der Waals surface area contributed by atoms with Gasteiger partial charge in [-0.25, -0.2) is 0 Å². The van der Waals surface area contributed by atoms with Crippen molar-refractivity contribution < 1.29 is 0 Å². The standard InChI is InChI=1S/C11H15N3.C11H17N3.C11H14.2C2H5N3/c1-7-8-3-5-10-11(6-4-9(7)8)14(2)13-12-10;1-8-10-5-3-4-9(13-14-12-2)6-7-11(8)10;1-2-9-10-7-5-3-4-6-8-11(9)10;2*1-2-4-5-3/h8-9H,1,3-6H2,2H3;4,10-11H,1,3,5-7H2,2H3,(H,12,13);2,9-11H,1,5-8H2;2*2H2,1H3/b;9-4+;;;/t8-,9?;;;;/m0..../s1. The molecule has 12 heteroatoms. The van der Waals surface area contributed by atoms with Gasteiger partial charge in [-0.2, -0.15) is 5.11 Å². The molecule has 264 valence electrons. The molecule has 0 amide bonds. The number of aromatic nitrogens is 3. The summed E-state index contributed by atoms with van der Waals surface area (Å²) in [6, 6.07) is 0. The van der Waals surface area contributed by atoms with E-state index in [0.29, 0.717) is 13.1 Å². The van der Waals surface area contributed by atoms with Gasteiger partial charge >= 0.3 is 0 Å². The summed E-state index contributed by atoms with van der Waals surface area (Å²) in [7, 11) is 3.67. The van der Waals surface area contributed by atoms with E-state index >= 15 is 0 Å². The monoisotopic (exact) mass is 668 g/mol. The number of nitrogens with one attached hydrogen (secondary N) is 1. The first-order valence-corrected chi connectivity index (χ1v) is 17.9. The molecule has 1 N–H and O–H groups in total. The molecule has 0 saturated heterocycles. The van der Waals surface area contributed by atoms with E-state index in [2.05, 4.69) is 89.9 Å². The van der Waals surface area contributed by atoms with Crippen LogP contribution in [0.25, 0.3) is 20.9 Å². The van der Waals surface area contributed by atoms with Gasteiger partial charge in [-0.3, -0.25) is 10.1 Å². The molecule has 0 radical (unpaired) electrons. The van der Waals surface area contributed by atoms with Gasteiger partial charge in [-0.1, -0.05) is 71.0 Å². The second-order valence-corrected chi connectivity index (χ2v) is 13.2. The Kier molecular flexibility index (Phi) is 16.7. The Labute approximate surface area is 292 Å². The number of azide groups is 2. The average Bonchev–Trinajstić information content (AvgIpc) is 3.99. The van der Waals surface area contributed by atoms with Crippen molar-refractivity contribution in [1.29, 1.82) is 0 Å². The molecule has 6 atom stereocenters. The van der Waals surface area contributed by atoms with Crippen molar-refractivity contribution in [3.63, 3.8) is 0 Å². The van der Waals surface area contributed by atoms with Gasteiger partial charge in [0.2, 0.25) is 0 Å². The number of allylic oxidation sites excluding steroid dienone is 5. The van der Waals surface area contributed by atoms with Gasteiger partial charge in [0.15, 0.2) is 0 Å². The smallest absolute Gasteiger partial charge is 0.0859 e. The van der Waals surface area contributed by atoms with E-state index in [4.69, 9.17) is 11.1 Å². The molecule has 5 unspecified atom stereocenters. The highest BCUT2D eigenvalue weighted by Gasteiger charge is 2.46. The summed E-state index contributed by atoms with van der Waals surface area (Å²) in [5, 5.41) is 22.1. The summed E-state index contributed by atoms with van der Waals surface area (Å²) >= 11 is 0. The Bertz CT molecular complexity index is 1440. The number of fused-ring (bicyclic) bond motifs is 4. The first kappa shape index (κ1) is 39.1. The Morgan fingerprint density at radius 1 is 0.898 bits per heavy atom. The predicted octanol–water partition coefficient (Wildman–Crippen LogP) is 9.57. The maximum absolute atomic E-state index is 7.52. The van der Waals surface area contributed by atoms with Crippen molar-refractivity contribution in [1.82, 2.24) is 20.4 Å². The van der Waals surface area contributed by atoms with Gasteiger partial charge in [0.1, 0.15) is 0 Å². The Morgan fingerprint density at radius 2 is 1.45 bits per heavy atom. The van der Waals surface area contributed by atoms with Gasteiger partial charge in [0.05, 0.1) is 18.4 Å². The van der Waals surface area contributed by atoms with Crippen LogP contribution in [-0.2, 0) is 19.9 Å². The van der Waals surface area contributed by atoms with E-state index in [1.54, 1.807) is 20.9 Å². The quantitative estimate of drug-likeness (QED) is 0.0826. The lowest BCUT2D eigenvalue weighted by Crippen LogP contribution is -2.06. The average molecular weight is 669 g/mol. The molecule has 12 nitrogen and oxygen atoms in total. The van der Waals surface area contributed by atoms with Crippen LogP contribution in [0.3, 0.4) is 0 Å². The van der Waals surface area contributed by atoms with Gasteiger partial charge in [0.25, 0.3) is 0 Å². The third kappa shape index (κ3) is 12.3. The number of nitrogens with zero attached hydrogens (tertiary/aromatic N) is 11. The van der Waals surface area contributed by atoms with E-state index in [1.165, 1.54) is 66.8 Å². The molecule has 1 aromatic rings. The van der Waals surface area contributed by atoms with E-state index in [9.17, 15) is 0 Å². The fourth-order valence-corrected chi connectivity index (χ4v) is 7.42. The minimum absolute atomic E-state index is 0.552. The third-order valence-corrected chi connectivity index (χ3v) is 10.4. The molecule has 0 spiro atoms. The zero-order valence-electron chi connectivity index (χ0n) is 30.1. The molecule has 0 aliphatic heterocycles. The maximum Gasteiger partial charge on any atom is 0.0859 e. The molecule has 3 saturated carbocycles. The number of rotatable bonds is 5. The van der Waals surface area contributed by atoms with Gasteiger partial charge in [-0.15, -0.1) is 23.5 Å². The minimum atomic E-state index is 0.552. The minimum Gasteiger partial charge on any atom is -0.265 e. The fraction of sp³-hybridized carbons (Fsp3) is 0.676. The summed E-state index contributed by atoms with van der Waals surface area (Å²) in [4.78, 5) is 4.96. The maximum atomic E-state index is 7.52. The molecule has 3 fully saturated rings. The molecule has 1 aromatic heterocycles. The first-order chi connectivity index (χ1) is 23.9. The second-order valence-electron chi connectivity index (χ2n) is 13.2. The molecule has 0 bridgehead atoms. The summed E-state index contributed by atoms with van der Waals surface area (Å²) < 4.78 is 1.93. The fourth-order valence-electron chi connectivity index (χ4n) is 7.42. The van der Waals surface area contributed by atoms with E-state index in [-0.39, 0.29) is 0 Å². The van der Waals surface area contributed by atoms with Crippen LogP contribution in [0.4, 0.5) is 0 Å². The normalized spacial score (nSPS) is 29.1. The van der Waals surface area contributed by atoms with Crippen molar-refractivity contribution >= 4 is 0 Å². The summed E-state index contributed by atoms with van der Waals surface area (Å²) in [5.74, 6) is 12.3. The van der Waals surface area contributed by atoms with Gasteiger partial charge < -0.3 is 0 Å². The zero-order chi connectivity index (χ0) is 35.6. The van der Waals surface area contributed by atoms with Crippen LogP contribution >= 0.6 is 0 Å². The van der Waals surface area contributed by atoms with Crippen LogP contribution in [0.5, 0.6) is 0 Å². The Hall–Kier alpha value is -4.32. The van der Waals surface area contributed by atoms with E-state index in [1.807, 2.05) is 11.7 Å². The lowest BCUT2D eigenvalue weighted by Gasteiger charge is -2.08. The molecule has 0 aromatic carbocycles. The SMILES string of the molecule is C=C1C2CC/C=C(/NN=NC)CCC12.C=C1C2CCc3c(nnn3C)CC[C@@H]12.C=CC1C2CCC#CCCC12.CCN=[N+]=[N-].CCN=[N+]=[N-]. The molecule has 6 aliphatic carbocycles. The van der Waals surface area contributed by atoms with Gasteiger partial charge in [0, 0.05) is 48.5 Å². The highest BCUT2D eigenvalue weighted by Crippen LogP contribution is 2.53. The summed E-state index contributed by atoms with van der Waals surface area (Å²) in [6.45, 7) is 16.8. The van der Waals surface area contributed by atoms with E-state index in [0.717, 1.165) is 80.0 Å². The lowest BCUT2D eigenvalue weighted by atomic mass is 10.0. The number of hydrogen-bond acceptors (Lipinski definition) is 6. The highest BCUT2D eigenvalue weighted by molar-refractivity contribution is 5.29. The number of aryl methyl sites for hydroxylation is 2. The second kappa shape index (κ2) is 20.9. The molecule has 7 rings (SSSR count). The zero-order valence-corrected chi connectivity index (χ0v) is 30.1. The van der Waals surface area contributed by atoms with Crippen molar-refractivity contribution in [3.8, 4) is 11.8 Å². The van der Waals surface area contributed by atoms with Crippen LogP contribution in [0.15, 0.2) is 69.3 Å². The van der Waals surface area contributed by atoms with Crippen LogP contribution in [0.2, 0.25) is 0 Å². The predicted molar refractivity (Wildman–Crippen MR) is 197 cm³/mol. The van der Waals surface area contributed by atoms with Crippen LogP contribution in [0, 0.1) is 53.3 Å². The number of hydrogen-bond donors (Lipinski definition) is 1. The van der Waals surface area contributed by atoms with E-state index < -0.39 is 0 Å². The first-order valence-electron chi connectivity index (χ1n) is 17.9.